The third-order valence-corrected chi connectivity index (χ3v) is 4.86. The Labute approximate surface area is 192 Å². The number of carbonyl (C=O) groups is 1. The zero-order chi connectivity index (χ0) is 19.6. The number of ether oxygens (including phenoxy) is 2. The van der Waals surface area contributed by atoms with Crippen molar-refractivity contribution >= 4 is 52.9 Å². The Morgan fingerprint density at radius 1 is 1.17 bits per heavy atom. The van der Waals surface area contributed by atoms with Gasteiger partial charge >= 0.3 is 0 Å². The van der Waals surface area contributed by atoms with Gasteiger partial charge < -0.3 is 25.4 Å². The van der Waals surface area contributed by atoms with E-state index in [2.05, 4.69) is 20.9 Å². The average Bonchev–Trinajstić information content (AvgIpc) is 3.14. The number of carbonyl (C=O) groups excluding carboxylic acids is 1. The predicted octanol–water partition coefficient (Wildman–Crippen LogP) is 3.72. The molecule has 3 rings (SSSR count). The fourth-order valence-electron chi connectivity index (χ4n) is 2.65. The molecule has 0 atom stereocenters. The smallest absolute Gasteiger partial charge is 0.261 e. The Morgan fingerprint density at radius 3 is 2.76 bits per heavy atom. The number of benzene rings is 1. The second-order valence-corrected chi connectivity index (χ2v) is 7.13. The average molecular weight is 530 g/mol. The van der Waals surface area contributed by atoms with Crippen LogP contribution in [0.5, 0.6) is 11.5 Å². The van der Waals surface area contributed by atoms with Crippen LogP contribution in [0.4, 0.5) is 5.69 Å². The molecular weight excluding hydrogens is 503 g/mol. The van der Waals surface area contributed by atoms with Crippen LogP contribution < -0.4 is 25.4 Å². The van der Waals surface area contributed by atoms with Crippen molar-refractivity contribution in [3.05, 3.63) is 40.6 Å². The molecular formula is C20H27IN4O3S. The van der Waals surface area contributed by atoms with Crippen molar-refractivity contribution in [2.24, 2.45) is 4.99 Å². The molecule has 158 valence electrons. The van der Waals surface area contributed by atoms with E-state index in [4.69, 9.17) is 9.47 Å². The van der Waals surface area contributed by atoms with Crippen molar-refractivity contribution < 1.29 is 14.3 Å². The van der Waals surface area contributed by atoms with Gasteiger partial charge in [0.1, 0.15) is 0 Å². The van der Waals surface area contributed by atoms with Crippen LogP contribution in [0.1, 0.15) is 29.4 Å². The normalized spacial score (nSPS) is 13.1. The van der Waals surface area contributed by atoms with Crippen LogP contribution in [0.2, 0.25) is 0 Å². The van der Waals surface area contributed by atoms with Crippen molar-refractivity contribution in [3.8, 4) is 11.5 Å². The number of nitrogens with zero attached hydrogens (tertiary/aromatic N) is 1. The van der Waals surface area contributed by atoms with Crippen molar-refractivity contribution in [1.29, 1.82) is 0 Å². The van der Waals surface area contributed by atoms with Crippen molar-refractivity contribution in [2.45, 2.75) is 19.8 Å². The molecule has 0 unspecified atom stereocenters. The van der Waals surface area contributed by atoms with Gasteiger partial charge in [-0.15, -0.1) is 35.3 Å². The summed E-state index contributed by atoms with van der Waals surface area (Å²) < 4.78 is 11.4. The van der Waals surface area contributed by atoms with Gasteiger partial charge in [-0.05, 0) is 36.9 Å². The van der Waals surface area contributed by atoms with E-state index < -0.39 is 0 Å². The summed E-state index contributed by atoms with van der Waals surface area (Å²) in [6, 6.07) is 9.47. The number of hydrogen-bond donors (Lipinski definition) is 3. The van der Waals surface area contributed by atoms with Gasteiger partial charge in [-0.2, -0.15) is 0 Å². The third-order valence-electron chi connectivity index (χ3n) is 3.99. The summed E-state index contributed by atoms with van der Waals surface area (Å²) >= 11 is 1.44. The molecule has 0 radical (unpaired) electrons. The summed E-state index contributed by atoms with van der Waals surface area (Å²) in [5.41, 5.74) is 0.884. The molecule has 0 aliphatic carbocycles. The first kappa shape index (κ1) is 23.3. The van der Waals surface area contributed by atoms with Gasteiger partial charge in [-0.25, -0.2) is 0 Å². The van der Waals surface area contributed by atoms with E-state index in [0.717, 1.165) is 41.4 Å². The largest absolute Gasteiger partial charge is 0.490 e. The Balaban J connectivity index is 0.00000300. The molecule has 9 heteroatoms. The minimum absolute atomic E-state index is 0. The van der Waals surface area contributed by atoms with E-state index in [0.29, 0.717) is 32.3 Å². The standard InChI is InChI=1S/C20H26N4O3S.HI/c1-2-21-20(23-10-4-9-22-19(25)18-6-3-13-28-18)24-15-7-8-16-17(14-15)27-12-5-11-26-16;/h3,6-8,13-14H,2,4-5,9-12H2,1H3,(H,22,25)(H2,21,23,24);1H. The monoisotopic (exact) mass is 530 g/mol. The zero-order valence-corrected chi connectivity index (χ0v) is 19.5. The number of guanidine groups is 1. The van der Waals surface area contributed by atoms with Crippen LogP contribution in [0.25, 0.3) is 0 Å². The van der Waals surface area contributed by atoms with Gasteiger partial charge in [-0.3, -0.25) is 9.79 Å². The first-order valence-electron chi connectivity index (χ1n) is 9.53. The molecule has 1 amide bonds. The van der Waals surface area contributed by atoms with Crippen molar-refractivity contribution in [1.82, 2.24) is 10.6 Å². The molecule has 1 aromatic heterocycles. The molecule has 2 heterocycles. The molecule has 0 spiro atoms. The molecule has 2 aromatic rings. The van der Waals surface area contributed by atoms with Gasteiger partial charge in [0.05, 0.1) is 18.1 Å². The van der Waals surface area contributed by atoms with E-state index in [1.54, 1.807) is 0 Å². The molecule has 0 bridgehead atoms. The van der Waals surface area contributed by atoms with Crippen LogP contribution >= 0.6 is 35.3 Å². The highest BCUT2D eigenvalue weighted by Crippen LogP contribution is 2.32. The summed E-state index contributed by atoms with van der Waals surface area (Å²) in [5, 5.41) is 11.3. The topological polar surface area (TPSA) is 84.0 Å². The number of aliphatic imine (C=N–C) groups is 1. The lowest BCUT2D eigenvalue weighted by Gasteiger charge is -2.13. The number of fused-ring (bicyclic) bond motifs is 1. The van der Waals surface area contributed by atoms with Gasteiger partial charge in [0.2, 0.25) is 0 Å². The lowest BCUT2D eigenvalue weighted by Crippen LogP contribution is -2.31. The summed E-state index contributed by atoms with van der Waals surface area (Å²) in [5.74, 6) is 2.18. The number of hydrogen-bond acceptors (Lipinski definition) is 5. The highest BCUT2D eigenvalue weighted by molar-refractivity contribution is 14.0. The van der Waals surface area contributed by atoms with Crippen LogP contribution in [-0.2, 0) is 0 Å². The number of anilines is 1. The number of thiophene rings is 1. The molecule has 1 aromatic carbocycles. The van der Waals surface area contributed by atoms with E-state index >= 15 is 0 Å². The van der Waals surface area contributed by atoms with Crippen molar-refractivity contribution in [2.75, 3.05) is 38.2 Å². The molecule has 3 N–H and O–H groups in total. The lowest BCUT2D eigenvalue weighted by molar-refractivity contribution is 0.0957. The minimum atomic E-state index is -0.0313. The number of halogens is 1. The summed E-state index contributed by atoms with van der Waals surface area (Å²) in [6.45, 7) is 5.29. The first-order valence-corrected chi connectivity index (χ1v) is 10.4. The molecule has 29 heavy (non-hydrogen) atoms. The van der Waals surface area contributed by atoms with Crippen LogP contribution in [0.3, 0.4) is 0 Å². The quantitative estimate of drug-likeness (QED) is 0.220. The first-order chi connectivity index (χ1) is 13.8. The maximum atomic E-state index is 11.9. The van der Waals surface area contributed by atoms with E-state index in [1.807, 2.05) is 42.6 Å². The van der Waals surface area contributed by atoms with E-state index in [9.17, 15) is 4.79 Å². The molecule has 0 saturated carbocycles. The lowest BCUT2D eigenvalue weighted by atomic mass is 10.3. The molecule has 0 saturated heterocycles. The zero-order valence-electron chi connectivity index (χ0n) is 16.4. The highest BCUT2D eigenvalue weighted by atomic mass is 127. The van der Waals surface area contributed by atoms with Gasteiger partial charge in [0.15, 0.2) is 17.5 Å². The SMILES string of the molecule is CCNC(=NCCCNC(=O)c1cccs1)Nc1ccc2c(c1)OCCCO2.I. The second-order valence-electron chi connectivity index (χ2n) is 6.18. The Bertz CT molecular complexity index is 799. The number of nitrogens with one attached hydrogen (secondary N) is 3. The Kier molecular flexibility index (Phi) is 10.1. The second kappa shape index (κ2) is 12.5. The molecule has 1 aliphatic rings. The molecule has 7 nitrogen and oxygen atoms in total. The van der Waals surface area contributed by atoms with Gasteiger partial charge in [0.25, 0.3) is 5.91 Å². The molecule has 1 aliphatic heterocycles. The fraction of sp³-hybridized carbons (Fsp3) is 0.400. The fourth-order valence-corrected chi connectivity index (χ4v) is 3.29. The minimum Gasteiger partial charge on any atom is -0.490 e. The third kappa shape index (κ3) is 7.39. The molecule has 0 fully saturated rings. The summed E-state index contributed by atoms with van der Waals surface area (Å²) in [7, 11) is 0. The van der Waals surface area contributed by atoms with Crippen molar-refractivity contribution in [3.63, 3.8) is 0 Å². The Hall–Kier alpha value is -2.01. The number of rotatable bonds is 7. The van der Waals surface area contributed by atoms with Crippen LogP contribution in [-0.4, -0.2) is 44.7 Å². The predicted molar refractivity (Wildman–Crippen MR) is 128 cm³/mol. The maximum absolute atomic E-state index is 11.9. The van der Waals surface area contributed by atoms with E-state index in [-0.39, 0.29) is 29.9 Å². The maximum Gasteiger partial charge on any atom is 0.261 e. The Morgan fingerprint density at radius 2 is 2.00 bits per heavy atom. The van der Waals surface area contributed by atoms with Crippen LogP contribution in [0, 0.1) is 0 Å². The summed E-state index contributed by atoms with van der Waals surface area (Å²) in [4.78, 5) is 17.2. The van der Waals surface area contributed by atoms with Gasteiger partial charge in [0, 0.05) is 37.8 Å². The van der Waals surface area contributed by atoms with E-state index in [1.165, 1.54) is 11.3 Å². The summed E-state index contributed by atoms with van der Waals surface area (Å²) in [6.07, 6.45) is 1.64. The highest BCUT2D eigenvalue weighted by Gasteiger charge is 2.11. The van der Waals surface area contributed by atoms with Gasteiger partial charge in [-0.1, -0.05) is 6.07 Å². The number of amides is 1. The van der Waals surface area contributed by atoms with Crippen LogP contribution in [0.15, 0.2) is 40.7 Å².